The molecule has 0 bridgehead atoms. The first-order valence-corrected chi connectivity index (χ1v) is 8.18. The second kappa shape index (κ2) is 7.80. The predicted octanol–water partition coefficient (Wildman–Crippen LogP) is 5.34. The van der Waals surface area contributed by atoms with Gasteiger partial charge in [-0.3, -0.25) is 0 Å². The Hall–Kier alpha value is -1.58. The highest BCUT2D eigenvalue weighted by Crippen LogP contribution is 2.20. The van der Waals surface area contributed by atoms with Crippen molar-refractivity contribution >= 4 is 11.6 Å². The van der Waals surface area contributed by atoms with Crippen LogP contribution in [0, 0.1) is 5.82 Å². The van der Waals surface area contributed by atoms with Gasteiger partial charge in [-0.2, -0.15) is 0 Å². The molecule has 0 saturated carbocycles. The fourth-order valence-electron chi connectivity index (χ4n) is 1.97. The maximum Gasteiger partial charge on any atom is 0.124 e. The van der Waals surface area contributed by atoms with Gasteiger partial charge in [-0.25, -0.2) is 4.39 Å². The molecule has 0 atom stereocenters. The molecule has 0 fully saturated rings. The molecule has 23 heavy (non-hydrogen) atoms. The van der Waals surface area contributed by atoms with Gasteiger partial charge in [0, 0.05) is 17.6 Å². The van der Waals surface area contributed by atoms with Crippen LogP contribution in [0.15, 0.2) is 42.5 Å². The van der Waals surface area contributed by atoms with Gasteiger partial charge in [0.2, 0.25) is 0 Å². The third-order valence-corrected chi connectivity index (χ3v) is 4.34. The van der Waals surface area contributed by atoms with Crippen molar-refractivity contribution in [2.24, 2.45) is 0 Å². The van der Waals surface area contributed by atoms with Crippen LogP contribution >= 0.6 is 11.6 Å². The lowest BCUT2D eigenvalue weighted by molar-refractivity contribution is 0.306. The Kier molecular flexibility index (Phi) is 6.03. The van der Waals surface area contributed by atoms with E-state index in [4.69, 9.17) is 16.3 Å². The average molecular weight is 336 g/mol. The van der Waals surface area contributed by atoms with Gasteiger partial charge >= 0.3 is 0 Å². The summed E-state index contributed by atoms with van der Waals surface area (Å²) in [7, 11) is 0. The van der Waals surface area contributed by atoms with Crippen molar-refractivity contribution in [3.05, 3.63) is 64.4 Å². The minimum absolute atomic E-state index is 0.133. The first-order chi connectivity index (χ1) is 10.9. The zero-order valence-corrected chi connectivity index (χ0v) is 14.6. The van der Waals surface area contributed by atoms with E-state index in [0.717, 1.165) is 24.3 Å². The van der Waals surface area contributed by atoms with Crippen molar-refractivity contribution < 1.29 is 9.13 Å². The van der Waals surface area contributed by atoms with E-state index in [2.05, 4.69) is 26.1 Å². The standard InChI is InChI=1S/C19H23ClFNO/c1-4-19(2,3)22-12-14-5-9-17(10-6-14)23-13-15-7-8-16(21)11-18(15)20/h5-11,22H,4,12-13H2,1-3H3. The van der Waals surface area contributed by atoms with Crippen molar-refractivity contribution in [3.63, 3.8) is 0 Å². The van der Waals surface area contributed by atoms with E-state index in [1.165, 1.54) is 17.7 Å². The van der Waals surface area contributed by atoms with Crippen molar-refractivity contribution in [1.29, 1.82) is 0 Å². The highest BCUT2D eigenvalue weighted by Gasteiger charge is 2.13. The predicted molar refractivity (Wildman–Crippen MR) is 93.4 cm³/mol. The van der Waals surface area contributed by atoms with Gasteiger partial charge in [0.05, 0.1) is 5.02 Å². The molecule has 0 unspecified atom stereocenters. The Bertz CT molecular complexity index is 640. The van der Waals surface area contributed by atoms with Crippen molar-refractivity contribution in [2.45, 2.75) is 45.9 Å². The van der Waals surface area contributed by atoms with Gasteiger partial charge < -0.3 is 10.1 Å². The van der Waals surface area contributed by atoms with Gasteiger partial charge in [0.25, 0.3) is 0 Å². The largest absolute Gasteiger partial charge is 0.489 e. The van der Waals surface area contributed by atoms with Crippen LogP contribution in [0.1, 0.15) is 38.3 Å². The zero-order chi connectivity index (χ0) is 16.9. The number of nitrogens with one attached hydrogen (secondary N) is 1. The Morgan fingerprint density at radius 3 is 2.43 bits per heavy atom. The molecule has 2 rings (SSSR count). The van der Waals surface area contributed by atoms with E-state index < -0.39 is 0 Å². The molecular weight excluding hydrogens is 313 g/mol. The summed E-state index contributed by atoms with van der Waals surface area (Å²) >= 11 is 5.99. The van der Waals surface area contributed by atoms with Gasteiger partial charge in [-0.15, -0.1) is 0 Å². The number of halogens is 2. The van der Waals surface area contributed by atoms with Gasteiger partial charge in [-0.05, 0) is 50.1 Å². The van der Waals surface area contributed by atoms with Crippen LogP contribution in [0.3, 0.4) is 0 Å². The molecule has 0 radical (unpaired) electrons. The smallest absolute Gasteiger partial charge is 0.124 e. The maximum atomic E-state index is 13.0. The number of hydrogen-bond acceptors (Lipinski definition) is 2. The number of hydrogen-bond donors (Lipinski definition) is 1. The number of ether oxygens (including phenoxy) is 1. The van der Waals surface area contributed by atoms with Crippen LogP contribution in [-0.4, -0.2) is 5.54 Å². The third kappa shape index (κ3) is 5.52. The van der Waals surface area contributed by atoms with Crippen molar-refractivity contribution in [2.75, 3.05) is 0 Å². The molecule has 0 spiro atoms. The topological polar surface area (TPSA) is 21.3 Å². The van der Waals surface area contributed by atoms with Crippen molar-refractivity contribution in [1.82, 2.24) is 5.32 Å². The first kappa shape index (κ1) is 17.8. The summed E-state index contributed by atoms with van der Waals surface area (Å²) in [5.74, 6) is 0.425. The summed E-state index contributed by atoms with van der Waals surface area (Å²) in [4.78, 5) is 0. The van der Waals surface area contributed by atoms with E-state index in [9.17, 15) is 4.39 Å². The molecular formula is C19H23ClFNO. The Labute approximate surface area is 142 Å². The molecule has 124 valence electrons. The Morgan fingerprint density at radius 2 is 1.83 bits per heavy atom. The molecule has 2 aromatic carbocycles. The normalized spacial score (nSPS) is 11.5. The third-order valence-electron chi connectivity index (χ3n) is 3.99. The fourth-order valence-corrected chi connectivity index (χ4v) is 2.19. The fraction of sp³-hybridized carbons (Fsp3) is 0.368. The summed E-state index contributed by atoms with van der Waals surface area (Å²) in [5.41, 5.74) is 2.11. The second-order valence-electron chi connectivity index (χ2n) is 6.26. The van der Waals surface area contributed by atoms with Crippen LogP contribution in [0.25, 0.3) is 0 Å². The molecule has 4 heteroatoms. The summed E-state index contributed by atoms with van der Waals surface area (Å²) in [6.07, 6.45) is 1.08. The first-order valence-electron chi connectivity index (χ1n) is 7.80. The monoisotopic (exact) mass is 335 g/mol. The van der Waals surface area contributed by atoms with Crippen LogP contribution in [0.5, 0.6) is 5.75 Å². The molecule has 0 aliphatic heterocycles. The lowest BCUT2D eigenvalue weighted by Crippen LogP contribution is -2.37. The lowest BCUT2D eigenvalue weighted by atomic mass is 10.0. The minimum atomic E-state index is -0.342. The average Bonchev–Trinajstić information content (AvgIpc) is 2.53. The lowest BCUT2D eigenvalue weighted by Gasteiger charge is -2.24. The summed E-state index contributed by atoms with van der Waals surface area (Å²) in [6.45, 7) is 7.70. The molecule has 0 saturated heterocycles. The van der Waals surface area contributed by atoms with Crippen LogP contribution in [0.4, 0.5) is 4.39 Å². The van der Waals surface area contributed by atoms with E-state index in [1.807, 2.05) is 24.3 Å². The van der Waals surface area contributed by atoms with Crippen LogP contribution in [-0.2, 0) is 13.2 Å². The number of rotatable bonds is 7. The highest BCUT2D eigenvalue weighted by atomic mass is 35.5. The Balaban J connectivity index is 1.90. The van der Waals surface area contributed by atoms with Crippen molar-refractivity contribution in [3.8, 4) is 5.75 Å². The quantitative estimate of drug-likeness (QED) is 0.737. The van der Waals surface area contributed by atoms with E-state index in [0.29, 0.717) is 11.6 Å². The van der Waals surface area contributed by atoms with E-state index in [-0.39, 0.29) is 11.4 Å². The van der Waals surface area contributed by atoms with E-state index in [1.54, 1.807) is 6.07 Å². The molecule has 2 aromatic rings. The molecule has 0 aromatic heterocycles. The molecule has 0 aliphatic rings. The second-order valence-corrected chi connectivity index (χ2v) is 6.67. The van der Waals surface area contributed by atoms with E-state index >= 15 is 0 Å². The molecule has 0 aliphatic carbocycles. The molecule has 2 nitrogen and oxygen atoms in total. The Morgan fingerprint density at radius 1 is 1.13 bits per heavy atom. The van der Waals surface area contributed by atoms with Gasteiger partial charge in [0.1, 0.15) is 18.2 Å². The molecule has 1 N–H and O–H groups in total. The highest BCUT2D eigenvalue weighted by molar-refractivity contribution is 6.31. The summed E-state index contributed by atoms with van der Waals surface area (Å²) < 4.78 is 18.7. The van der Waals surface area contributed by atoms with Gasteiger partial charge in [0.15, 0.2) is 0 Å². The SMILES string of the molecule is CCC(C)(C)NCc1ccc(OCc2ccc(F)cc2Cl)cc1. The molecule has 0 heterocycles. The zero-order valence-electron chi connectivity index (χ0n) is 13.8. The molecule has 0 amide bonds. The van der Waals surface area contributed by atoms with Crippen LogP contribution in [0.2, 0.25) is 5.02 Å². The summed E-state index contributed by atoms with van der Waals surface area (Å²) in [5, 5.41) is 3.90. The minimum Gasteiger partial charge on any atom is -0.489 e. The van der Waals surface area contributed by atoms with Crippen LogP contribution < -0.4 is 10.1 Å². The summed E-state index contributed by atoms with van der Waals surface area (Å²) in [6, 6.07) is 12.3. The number of benzene rings is 2. The van der Waals surface area contributed by atoms with Gasteiger partial charge in [-0.1, -0.05) is 36.7 Å². The maximum absolute atomic E-state index is 13.0.